The highest BCUT2D eigenvalue weighted by Gasteiger charge is 2.23. The van der Waals surface area contributed by atoms with Crippen molar-refractivity contribution < 1.29 is 18.9 Å². The fourth-order valence-electron chi connectivity index (χ4n) is 3.49. The zero-order valence-corrected chi connectivity index (χ0v) is 22.3. The van der Waals surface area contributed by atoms with Gasteiger partial charge in [-0.1, -0.05) is 35.9 Å². The van der Waals surface area contributed by atoms with Gasteiger partial charge in [-0.3, -0.25) is 25.0 Å². The number of carbonyl (C=O) groups is 2. The van der Waals surface area contributed by atoms with Crippen LogP contribution in [0.1, 0.15) is 41.0 Å². The van der Waals surface area contributed by atoms with Gasteiger partial charge in [-0.2, -0.15) is 0 Å². The van der Waals surface area contributed by atoms with Crippen LogP contribution in [0.4, 0.5) is 11.4 Å². The summed E-state index contributed by atoms with van der Waals surface area (Å²) in [5.41, 5.74) is 0.240. The molecule has 2 heterocycles. The Bertz CT molecular complexity index is 1550. The maximum absolute atomic E-state index is 12.7. The van der Waals surface area contributed by atoms with Crippen molar-refractivity contribution in [2.24, 2.45) is 0 Å². The number of fused-ring (bicyclic) bond motifs is 1. The number of hydrogen-bond donors (Lipinski definition) is 3. The fourth-order valence-corrected chi connectivity index (χ4v) is 5.17. The molecule has 0 saturated carbocycles. The third kappa shape index (κ3) is 5.79. The second-order valence-electron chi connectivity index (χ2n) is 8.98. The number of benzene rings is 2. The summed E-state index contributed by atoms with van der Waals surface area (Å²) in [7, 11) is 0. The molecule has 37 heavy (non-hydrogen) atoms. The normalized spacial score (nSPS) is 11.2. The maximum Gasteiger partial charge on any atom is 0.293 e. The standard InChI is InChI=1S/C25H21ClN4O5S2/c1-25(2,3)29-23(32)21-19(26)14-8-6-9-15(20(14)37-21)27-24(36)28-22(31)18-12-11-17(35-18)13-7-4-5-10-16(13)30(33)34/h4-12H,1-3H3,(H,29,32)(H2,27,28,31,36). The van der Waals surface area contributed by atoms with Crippen LogP contribution >= 0.6 is 35.2 Å². The summed E-state index contributed by atoms with van der Waals surface area (Å²) in [6.07, 6.45) is 0. The number of amides is 2. The fraction of sp³-hybridized carbons (Fsp3) is 0.160. The highest BCUT2D eigenvalue weighted by atomic mass is 35.5. The van der Waals surface area contributed by atoms with E-state index in [4.69, 9.17) is 28.2 Å². The lowest BCUT2D eigenvalue weighted by Crippen LogP contribution is -2.40. The number of rotatable bonds is 5. The Morgan fingerprint density at radius 2 is 1.78 bits per heavy atom. The topological polar surface area (TPSA) is 127 Å². The molecule has 9 nitrogen and oxygen atoms in total. The minimum atomic E-state index is -0.635. The second-order valence-corrected chi connectivity index (χ2v) is 10.8. The van der Waals surface area contributed by atoms with E-state index in [2.05, 4.69) is 16.0 Å². The molecule has 0 aliphatic heterocycles. The third-order valence-electron chi connectivity index (χ3n) is 5.02. The molecule has 0 spiro atoms. The smallest absolute Gasteiger partial charge is 0.293 e. The zero-order valence-electron chi connectivity index (χ0n) is 19.9. The van der Waals surface area contributed by atoms with Crippen molar-refractivity contribution in [2.75, 3.05) is 5.32 Å². The summed E-state index contributed by atoms with van der Waals surface area (Å²) in [6, 6.07) is 14.3. The van der Waals surface area contributed by atoms with Gasteiger partial charge in [0.25, 0.3) is 17.5 Å². The number of hydrogen-bond acceptors (Lipinski definition) is 7. The number of nitrogens with zero attached hydrogens (tertiary/aromatic N) is 1. The van der Waals surface area contributed by atoms with E-state index in [0.717, 1.165) is 0 Å². The third-order valence-corrected chi connectivity index (χ3v) is 6.97. The highest BCUT2D eigenvalue weighted by molar-refractivity contribution is 7.80. The molecule has 0 radical (unpaired) electrons. The Hall–Kier alpha value is -3.80. The lowest BCUT2D eigenvalue weighted by atomic mass is 10.1. The van der Waals surface area contributed by atoms with Gasteiger partial charge < -0.3 is 15.1 Å². The summed E-state index contributed by atoms with van der Waals surface area (Å²) in [4.78, 5) is 36.6. The number of furan rings is 1. The van der Waals surface area contributed by atoms with Crippen LogP contribution in [0.2, 0.25) is 5.02 Å². The summed E-state index contributed by atoms with van der Waals surface area (Å²) < 4.78 is 6.26. The summed E-state index contributed by atoms with van der Waals surface area (Å²) >= 11 is 13.0. The van der Waals surface area contributed by atoms with E-state index in [9.17, 15) is 19.7 Å². The van der Waals surface area contributed by atoms with Crippen LogP contribution in [-0.4, -0.2) is 27.4 Å². The average Bonchev–Trinajstić information content (AvgIpc) is 3.44. The molecule has 4 rings (SSSR count). The van der Waals surface area contributed by atoms with Crippen LogP contribution in [0, 0.1) is 10.1 Å². The lowest BCUT2D eigenvalue weighted by Gasteiger charge is -2.19. The molecule has 2 aromatic carbocycles. The van der Waals surface area contributed by atoms with Gasteiger partial charge in [0.1, 0.15) is 10.6 Å². The Kier molecular flexibility index (Phi) is 7.30. The SMILES string of the molecule is CC(C)(C)NC(=O)c1sc2c(NC(=S)NC(=O)c3ccc(-c4ccccc4[N+](=O)[O-])o3)cccc2c1Cl. The number of nitro groups is 1. The molecule has 0 atom stereocenters. The number of carbonyl (C=O) groups excluding carboxylic acids is 2. The Balaban J connectivity index is 1.51. The van der Waals surface area contributed by atoms with Gasteiger partial charge in [0.2, 0.25) is 0 Å². The number of para-hydroxylation sites is 1. The van der Waals surface area contributed by atoms with Crippen molar-refractivity contribution in [3.63, 3.8) is 0 Å². The molecule has 2 aromatic heterocycles. The first kappa shape index (κ1) is 26.3. The number of nitro benzene ring substituents is 1. The summed E-state index contributed by atoms with van der Waals surface area (Å²) in [6.45, 7) is 5.63. The predicted octanol–water partition coefficient (Wildman–Crippen LogP) is 6.38. The number of thiophene rings is 1. The second kappa shape index (κ2) is 10.3. The minimum Gasteiger partial charge on any atom is -0.451 e. The first-order valence-corrected chi connectivity index (χ1v) is 12.5. The molecule has 2 amide bonds. The molecule has 0 aliphatic rings. The first-order valence-electron chi connectivity index (χ1n) is 10.9. The van der Waals surface area contributed by atoms with E-state index in [-0.39, 0.29) is 33.8 Å². The van der Waals surface area contributed by atoms with Crippen LogP contribution in [0.15, 0.2) is 59.0 Å². The zero-order chi connectivity index (χ0) is 26.9. The van der Waals surface area contributed by atoms with Crippen LogP contribution in [0.3, 0.4) is 0 Å². The minimum absolute atomic E-state index is 0.00800. The van der Waals surface area contributed by atoms with Gasteiger partial charge in [-0.05, 0) is 57.3 Å². The van der Waals surface area contributed by atoms with E-state index in [1.807, 2.05) is 20.8 Å². The van der Waals surface area contributed by atoms with Crippen molar-refractivity contribution in [3.05, 3.63) is 80.4 Å². The van der Waals surface area contributed by atoms with Gasteiger partial charge in [-0.25, -0.2) is 0 Å². The molecule has 0 bridgehead atoms. The largest absolute Gasteiger partial charge is 0.451 e. The number of thiocarbonyl (C=S) groups is 1. The van der Waals surface area contributed by atoms with Gasteiger partial charge in [0.05, 0.1) is 25.9 Å². The summed E-state index contributed by atoms with van der Waals surface area (Å²) in [5, 5.41) is 20.7. The van der Waals surface area contributed by atoms with Crippen LogP contribution in [0.25, 0.3) is 21.4 Å². The molecule has 12 heteroatoms. The molecule has 3 N–H and O–H groups in total. The molecular weight excluding hydrogens is 536 g/mol. The van der Waals surface area contributed by atoms with E-state index in [0.29, 0.717) is 25.7 Å². The molecule has 190 valence electrons. The molecular formula is C25H21ClN4O5S2. The van der Waals surface area contributed by atoms with Crippen molar-refractivity contribution in [3.8, 4) is 11.3 Å². The van der Waals surface area contributed by atoms with Gasteiger partial charge in [-0.15, -0.1) is 11.3 Å². The molecule has 0 saturated heterocycles. The number of halogens is 1. The average molecular weight is 557 g/mol. The maximum atomic E-state index is 12.7. The molecule has 0 unspecified atom stereocenters. The molecule has 0 fully saturated rings. The lowest BCUT2D eigenvalue weighted by molar-refractivity contribution is -0.384. The van der Waals surface area contributed by atoms with Crippen molar-refractivity contribution in [1.29, 1.82) is 0 Å². The monoisotopic (exact) mass is 556 g/mol. The molecule has 0 aliphatic carbocycles. The van der Waals surface area contributed by atoms with Gasteiger partial charge in [0.15, 0.2) is 10.9 Å². The van der Waals surface area contributed by atoms with Crippen LogP contribution in [-0.2, 0) is 0 Å². The number of nitrogens with one attached hydrogen (secondary N) is 3. The van der Waals surface area contributed by atoms with E-state index < -0.39 is 16.4 Å². The van der Waals surface area contributed by atoms with Gasteiger partial charge >= 0.3 is 0 Å². The quantitative estimate of drug-likeness (QED) is 0.148. The first-order chi connectivity index (χ1) is 17.4. The van der Waals surface area contributed by atoms with Gasteiger partial charge in [0, 0.05) is 17.0 Å². The van der Waals surface area contributed by atoms with E-state index >= 15 is 0 Å². The molecule has 4 aromatic rings. The van der Waals surface area contributed by atoms with Crippen LogP contribution in [0.5, 0.6) is 0 Å². The summed E-state index contributed by atoms with van der Waals surface area (Å²) in [5.74, 6) is -0.817. The van der Waals surface area contributed by atoms with E-state index in [1.54, 1.807) is 30.3 Å². The van der Waals surface area contributed by atoms with Crippen LogP contribution < -0.4 is 16.0 Å². The van der Waals surface area contributed by atoms with Crippen molar-refractivity contribution in [2.45, 2.75) is 26.3 Å². The Morgan fingerprint density at radius 3 is 2.49 bits per heavy atom. The Labute approximate surface area is 226 Å². The van der Waals surface area contributed by atoms with E-state index in [1.165, 1.54) is 35.6 Å². The number of anilines is 1. The Morgan fingerprint density at radius 1 is 1.05 bits per heavy atom. The predicted molar refractivity (Wildman–Crippen MR) is 149 cm³/mol. The van der Waals surface area contributed by atoms with Crippen molar-refractivity contribution >= 4 is 73.5 Å². The highest BCUT2D eigenvalue weighted by Crippen LogP contribution is 2.39. The van der Waals surface area contributed by atoms with Crippen molar-refractivity contribution in [1.82, 2.24) is 10.6 Å².